The van der Waals surface area contributed by atoms with Crippen LogP contribution in [0, 0.1) is 0 Å². The maximum absolute atomic E-state index is 5.72. The molecule has 0 radical (unpaired) electrons. The van der Waals surface area contributed by atoms with E-state index in [1.807, 2.05) is 0 Å². The van der Waals surface area contributed by atoms with Gasteiger partial charge in [-0.05, 0) is 43.4 Å². The first-order valence-corrected chi connectivity index (χ1v) is 7.28. The van der Waals surface area contributed by atoms with Crippen LogP contribution in [0.3, 0.4) is 0 Å². The Balaban J connectivity index is 1.75. The smallest absolute Gasteiger partial charge is 0.0719 e. The summed E-state index contributed by atoms with van der Waals surface area (Å²) in [5.74, 6) is 0. The highest BCUT2D eigenvalue weighted by molar-refractivity contribution is 5.26. The van der Waals surface area contributed by atoms with Crippen LogP contribution in [0.2, 0.25) is 0 Å². The molecule has 1 fully saturated rings. The molecule has 1 N–H and O–H groups in total. The molecule has 2 heteroatoms. The number of rotatable bonds is 9. The fraction of sp³-hybridized carbons (Fsp3) is 0.625. The zero-order valence-corrected chi connectivity index (χ0v) is 11.5. The van der Waals surface area contributed by atoms with Crippen molar-refractivity contribution < 1.29 is 4.74 Å². The Morgan fingerprint density at radius 2 is 2.00 bits per heavy atom. The zero-order valence-electron chi connectivity index (χ0n) is 11.5. The molecule has 1 aliphatic rings. The van der Waals surface area contributed by atoms with Crippen molar-refractivity contribution in [2.75, 3.05) is 13.2 Å². The molecule has 0 aromatic heterocycles. The Labute approximate surface area is 111 Å². The molecule has 1 aromatic carbocycles. The van der Waals surface area contributed by atoms with Crippen LogP contribution >= 0.6 is 0 Å². The molecule has 0 saturated heterocycles. The molecular formula is C16H25NO. The van der Waals surface area contributed by atoms with Crippen molar-refractivity contribution in [2.45, 2.75) is 51.7 Å². The Kier molecular flexibility index (Phi) is 5.69. The molecule has 18 heavy (non-hydrogen) atoms. The molecule has 1 saturated carbocycles. The average molecular weight is 247 g/mol. The third-order valence-corrected chi connectivity index (χ3v) is 3.42. The van der Waals surface area contributed by atoms with E-state index in [0.717, 1.165) is 38.6 Å². The van der Waals surface area contributed by atoms with Gasteiger partial charge in [0.2, 0.25) is 0 Å². The quantitative estimate of drug-likeness (QED) is 0.676. The van der Waals surface area contributed by atoms with Gasteiger partial charge in [-0.2, -0.15) is 0 Å². The van der Waals surface area contributed by atoms with Gasteiger partial charge in [-0.1, -0.05) is 37.6 Å². The number of unbranched alkanes of at least 4 members (excludes halogenated alkanes) is 1. The van der Waals surface area contributed by atoms with Crippen LogP contribution in [0.25, 0.3) is 0 Å². The van der Waals surface area contributed by atoms with Gasteiger partial charge < -0.3 is 10.1 Å². The predicted molar refractivity (Wildman–Crippen MR) is 75.7 cm³/mol. The van der Waals surface area contributed by atoms with E-state index >= 15 is 0 Å². The topological polar surface area (TPSA) is 21.3 Å². The summed E-state index contributed by atoms with van der Waals surface area (Å²) in [6.45, 7) is 4.93. The van der Waals surface area contributed by atoms with Gasteiger partial charge in [0.25, 0.3) is 0 Å². The van der Waals surface area contributed by atoms with E-state index in [-0.39, 0.29) is 0 Å². The van der Waals surface area contributed by atoms with Crippen LogP contribution in [0.5, 0.6) is 0 Å². The van der Waals surface area contributed by atoms with Gasteiger partial charge in [-0.15, -0.1) is 0 Å². The second kappa shape index (κ2) is 7.55. The summed E-state index contributed by atoms with van der Waals surface area (Å²) in [5, 5.41) is 3.57. The summed E-state index contributed by atoms with van der Waals surface area (Å²) in [5.41, 5.74) is 2.79. The normalized spacial score (nSPS) is 14.9. The SMILES string of the molecule is CCCCOCc1ccccc1CCNC1CC1. The molecule has 0 amide bonds. The fourth-order valence-corrected chi connectivity index (χ4v) is 2.07. The van der Waals surface area contributed by atoms with Gasteiger partial charge >= 0.3 is 0 Å². The van der Waals surface area contributed by atoms with Crippen LogP contribution in [0.1, 0.15) is 43.7 Å². The zero-order chi connectivity index (χ0) is 12.6. The van der Waals surface area contributed by atoms with Crippen LogP contribution < -0.4 is 5.32 Å². The minimum absolute atomic E-state index is 0.763. The van der Waals surface area contributed by atoms with Gasteiger partial charge in [0.1, 0.15) is 0 Å². The van der Waals surface area contributed by atoms with Crippen molar-refractivity contribution in [1.82, 2.24) is 5.32 Å². The first-order chi connectivity index (χ1) is 8.90. The van der Waals surface area contributed by atoms with Crippen LogP contribution in [0.15, 0.2) is 24.3 Å². The standard InChI is InChI=1S/C16H25NO/c1-2-3-12-18-13-15-7-5-4-6-14(15)10-11-17-16-8-9-16/h4-7,16-17H,2-3,8-13H2,1H3. The van der Waals surface area contributed by atoms with Crippen LogP contribution in [-0.2, 0) is 17.8 Å². The van der Waals surface area contributed by atoms with Crippen molar-refractivity contribution in [1.29, 1.82) is 0 Å². The highest BCUT2D eigenvalue weighted by Gasteiger charge is 2.19. The summed E-state index contributed by atoms with van der Waals surface area (Å²) < 4.78 is 5.72. The van der Waals surface area contributed by atoms with E-state index in [9.17, 15) is 0 Å². The maximum atomic E-state index is 5.72. The molecule has 2 nitrogen and oxygen atoms in total. The molecule has 0 aliphatic heterocycles. The van der Waals surface area contributed by atoms with Gasteiger partial charge in [0.15, 0.2) is 0 Å². The highest BCUT2D eigenvalue weighted by Crippen LogP contribution is 2.18. The Morgan fingerprint density at radius 3 is 2.72 bits per heavy atom. The predicted octanol–water partition coefficient (Wildman–Crippen LogP) is 3.30. The first kappa shape index (κ1) is 13.6. The molecule has 0 spiro atoms. The molecule has 100 valence electrons. The van der Waals surface area contributed by atoms with Crippen molar-refractivity contribution >= 4 is 0 Å². The minimum Gasteiger partial charge on any atom is -0.377 e. The molecule has 0 heterocycles. The van der Waals surface area contributed by atoms with Crippen LogP contribution in [-0.4, -0.2) is 19.2 Å². The summed E-state index contributed by atoms with van der Waals surface area (Å²) in [7, 11) is 0. The number of ether oxygens (including phenoxy) is 1. The van der Waals surface area contributed by atoms with Gasteiger partial charge in [-0.25, -0.2) is 0 Å². The van der Waals surface area contributed by atoms with Crippen molar-refractivity contribution in [3.05, 3.63) is 35.4 Å². The lowest BCUT2D eigenvalue weighted by atomic mass is 10.1. The third-order valence-electron chi connectivity index (χ3n) is 3.42. The lowest BCUT2D eigenvalue weighted by Crippen LogP contribution is -2.19. The second-order valence-electron chi connectivity index (χ2n) is 5.15. The Bertz CT molecular complexity index is 347. The van der Waals surface area contributed by atoms with Crippen molar-refractivity contribution in [3.63, 3.8) is 0 Å². The molecule has 1 aromatic rings. The second-order valence-corrected chi connectivity index (χ2v) is 5.15. The largest absolute Gasteiger partial charge is 0.377 e. The van der Waals surface area contributed by atoms with E-state index in [1.165, 1.54) is 30.4 Å². The van der Waals surface area contributed by atoms with E-state index in [4.69, 9.17) is 4.74 Å². The molecule has 2 rings (SSSR count). The third kappa shape index (κ3) is 4.79. The summed E-state index contributed by atoms with van der Waals surface area (Å²) >= 11 is 0. The Morgan fingerprint density at radius 1 is 1.22 bits per heavy atom. The molecule has 0 atom stereocenters. The van der Waals surface area contributed by atoms with Gasteiger partial charge in [0.05, 0.1) is 6.61 Å². The summed E-state index contributed by atoms with van der Waals surface area (Å²) in [4.78, 5) is 0. The maximum Gasteiger partial charge on any atom is 0.0719 e. The highest BCUT2D eigenvalue weighted by atomic mass is 16.5. The fourth-order valence-electron chi connectivity index (χ4n) is 2.07. The summed E-state index contributed by atoms with van der Waals surface area (Å²) in [6, 6.07) is 9.46. The van der Waals surface area contributed by atoms with E-state index < -0.39 is 0 Å². The molecule has 0 unspecified atom stereocenters. The lowest BCUT2D eigenvalue weighted by molar-refractivity contribution is 0.117. The van der Waals surface area contributed by atoms with Gasteiger partial charge in [-0.3, -0.25) is 0 Å². The number of hydrogen-bond acceptors (Lipinski definition) is 2. The van der Waals surface area contributed by atoms with Crippen LogP contribution in [0.4, 0.5) is 0 Å². The van der Waals surface area contributed by atoms with Crippen molar-refractivity contribution in [3.8, 4) is 0 Å². The van der Waals surface area contributed by atoms with Gasteiger partial charge in [0, 0.05) is 12.6 Å². The Hall–Kier alpha value is -0.860. The number of nitrogens with one attached hydrogen (secondary N) is 1. The first-order valence-electron chi connectivity index (χ1n) is 7.28. The number of benzene rings is 1. The summed E-state index contributed by atoms with van der Waals surface area (Å²) in [6.07, 6.45) is 6.20. The monoisotopic (exact) mass is 247 g/mol. The molecule has 1 aliphatic carbocycles. The molecule has 0 bridgehead atoms. The molecular weight excluding hydrogens is 222 g/mol. The average Bonchev–Trinajstić information content (AvgIpc) is 3.20. The number of hydrogen-bond donors (Lipinski definition) is 1. The van der Waals surface area contributed by atoms with E-state index in [0.29, 0.717) is 0 Å². The van der Waals surface area contributed by atoms with E-state index in [1.54, 1.807) is 0 Å². The van der Waals surface area contributed by atoms with E-state index in [2.05, 4.69) is 36.5 Å². The lowest BCUT2D eigenvalue weighted by Gasteiger charge is -2.10. The minimum atomic E-state index is 0.763. The van der Waals surface area contributed by atoms with Crippen molar-refractivity contribution in [2.24, 2.45) is 0 Å².